The molecule has 3 N–H and O–H groups in total. The van der Waals surface area contributed by atoms with E-state index >= 15 is 4.79 Å². The Morgan fingerprint density at radius 2 is 1.63 bits per heavy atom. The minimum absolute atomic E-state index is 0.0656. The van der Waals surface area contributed by atoms with Crippen LogP contribution in [0.2, 0.25) is 0 Å². The van der Waals surface area contributed by atoms with Crippen molar-refractivity contribution >= 4 is 36.0 Å². The Kier molecular flexibility index (Phi) is 11.6. The summed E-state index contributed by atoms with van der Waals surface area (Å²) in [6.45, 7) is 10.8. The van der Waals surface area contributed by atoms with Crippen molar-refractivity contribution < 1.29 is 67.3 Å². The second-order valence-corrected chi connectivity index (χ2v) is 18.3. The molecule has 3 aliphatic heterocycles. The number of Topliss-reactive ketones (excluding diaryl/α,β-unsaturated/α-hetero) is 1. The molecule has 16 nitrogen and oxygen atoms in total. The molecule has 334 valence electrons. The fraction of sp³-hybridized carbons (Fsp3) is 0.565. The summed E-state index contributed by atoms with van der Waals surface area (Å²) in [4.78, 5) is 75.8. The van der Waals surface area contributed by atoms with Crippen molar-refractivity contribution in [1.29, 1.82) is 0 Å². The van der Waals surface area contributed by atoms with Crippen LogP contribution in [0.1, 0.15) is 78.5 Å². The Labute approximate surface area is 360 Å². The van der Waals surface area contributed by atoms with Crippen molar-refractivity contribution in [2.24, 2.45) is 15.8 Å². The number of aliphatic hydroxyl groups is 2. The fourth-order valence-corrected chi connectivity index (χ4v) is 10.7. The molecule has 0 aromatic heterocycles. The first-order chi connectivity index (χ1) is 29.1. The summed E-state index contributed by atoms with van der Waals surface area (Å²) < 4.78 is 42.7. The number of aliphatic imine (C=N–C) groups is 1. The average molecular weight is 861 g/mol. The molecule has 3 fully saturated rings. The van der Waals surface area contributed by atoms with Crippen molar-refractivity contribution in [2.45, 2.75) is 133 Å². The van der Waals surface area contributed by atoms with E-state index in [2.05, 4.69) is 5.32 Å². The third-order valence-electron chi connectivity index (χ3n) is 13.7. The van der Waals surface area contributed by atoms with Gasteiger partial charge >= 0.3 is 24.0 Å². The summed E-state index contributed by atoms with van der Waals surface area (Å²) in [5, 5.41) is 28.2. The zero-order chi connectivity index (χ0) is 45.2. The third-order valence-corrected chi connectivity index (χ3v) is 13.7. The molecule has 3 aliphatic carbocycles. The largest absolute Gasteiger partial charge is 0.456 e. The molecule has 8 rings (SSSR count). The van der Waals surface area contributed by atoms with Gasteiger partial charge in [0.1, 0.15) is 29.5 Å². The summed E-state index contributed by atoms with van der Waals surface area (Å²) in [5.41, 5.74) is -9.17. The van der Waals surface area contributed by atoms with E-state index in [-0.39, 0.29) is 25.0 Å². The summed E-state index contributed by atoms with van der Waals surface area (Å²) in [7, 11) is 2.75. The van der Waals surface area contributed by atoms with Crippen LogP contribution in [0.25, 0.3) is 0 Å². The minimum Gasteiger partial charge on any atom is -0.456 e. The molecule has 12 unspecified atom stereocenters. The number of benzene rings is 2. The predicted molar refractivity (Wildman–Crippen MR) is 220 cm³/mol. The summed E-state index contributed by atoms with van der Waals surface area (Å²) in [6.07, 6.45) is -8.63. The van der Waals surface area contributed by atoms with Crippen LogP contribution in [0.3, 0.4) is 0 Å². The highest BCUT2D eigenvalue weighted by molar-refractivity contribution is 5.99. The number of aliphatic hydroxyl groups excluding tert-OH is 1. The van der Waals surface area contributed by atoms with Gasteiger partial charge in [-0.2, -0.15) is 0 Å². The SMILES string of the molecule is COC1C(=O)C2(C)C(OC)CC3OCC3(OC(C)=O)C23N=CC2(C)C1=C(C)C(OC(=O)C(O)C(NC(=O)OC(C)(C)C)c1ccccc1)CC2(O)C3OC(=O)Cc1ccccc1. The van der Waals surface area contributed by atoms with Crippen molar-refractivity contribution in [3.8, 4) is 0 Å². The number of methoxy groups -OCH3 is 2. The van der Waals surface area contributed by atoms with E-state index in [0.717, 1.165) is 0 Å². The lowest BCUT2D eigenvalue weighted by Gasteiger charge is -2.73. The van der Waals surface area contributed by atoms with Crippen molar-refractivity contribution in [3.63, 3.8) is 0 Å². The van der Waals surface area contributed by atoms with E-state index < -0.39 is 112 Å². The number of alkyl carbamates (subject to hydrolysis) is 1. The molecular formula is C46H56N2O14. The van der Waals surface area contributed by atoms with Gasteiger partial charge in [0.05, 0.1) is 36.0 Å². The Balaban J connectivity index is 1.40. The highest BCUT2D eigenvalue weighted by Crippen LogP contribution is 2.69. The maximum absolute atomic E-state index is 15.7. The van der Waals surface area contributed by atoms with E-state index in [4.69, 9.17) is 38.2 Å². The topological polar surface area (TPSA) is 215 Å². The molecule has 2 aromatic carbocycles. The molecule has 6 aliphatic rings. The number of ketones is 1. The number of amides is 1. The first kappa shape index (κ1) is 45.0. The minimum atomic E-state index is -2.30. The van der Waals surface area contributed by atoms with Gasteiger partial charge in [-0.1, -0.05) is 60.7 Å². The Morgan fingerprint density at radius 3 is 2.19 bits per heavy atom. The normalized spacial score (nSPS) is 35.5. The standard InChI is InChI=1S/C46H56N2O14/c1-25-29(59-38(53)35(51)34(28-18-14-11-15-19-28)48-40(54)62-41(3,4)5)22-44(55)39(60-32(50)20-27-16-12-10-13-17-27)46-43(7,37(52)36(57-9)33(25)42(44,6)23-47-46)30(56-8)21-31-45(46,24-58-31)61-26(2)49/h10-19,23,29-31,34-36,39,51,55H,20-22,24H2,1-9H3,(H,48,54). The lowest BCUT2D eigenvalue weighted by atomic mass is 9.39. The molecule has 2 aromatic rings. The Hall–Kier alpha value is -5.00. The van der Waals surface area contributed by atoms with Gasteiger partial charge in [0.15, 0.2) is 29.1 Å². The van der Waals surface area contributed by atoms with Gasteiger partial charge in [-0.3, -0.25) is 19.4 Å². The van der Waals surface area contributed by atoms with Gasteiger partial charge in [0.2, 0.25) is 0 Å². The van der Waals surface area contributed by atoms with Crippen LogP contribution in [0.15, 0.2) is 76.8 Å². The van der Waals surface area contributed by atoms with E-state index in [0.29, 0.717) is 16.7 Å². The number of rotatable bonds is 11. The van der Waals surface area contributed by atoms with Crippen LogP contribution >= 0.6 is 0 Å². The molecule has 4 bridgehead atoms. The van der Waals surface area contributed by atoms with Crippen molar-refractivity contribution in [3.05, 3.63) is 82.9 Å². The first-order valence-electron chi connectivity index (χ1n) is 20.7. The number of nitrogens with zero attached hydrogens (tertiary/aromatic N) is 1. The van der Waals surface area contributed by atoms with Crippen molar-refractivity contribution in [2.75, 3.05) is 20.8 Å². The lowest BCUT2D eigenvalue weighted by Crippen LogP contribution is -2.91. The second kappa shape index (κ2) is 16.0. The number of carbonyl (C=O) groups is 5. The molecule has 2 saturated carbocycles. The van der Waals surface area contributed by atoms with Gasteiger partial charge in [-0.05, 0) is 63.8 Å². The van der Waals surface area contributed by atoms with Crippen LogP contribution < -0.4 is 5.32 Å². The highest BCUT2D eigenvalue weighted by atomic mass is 16.6. The zero-order valence-corrected chi connectivity index (χ0v) is 36.5. The summed E-state index contributed by atoms with van der Waals surface area (Å²) in [5.74, 6) is -3.30. The number of fused-ring (bicyclic) bond motifs is 2. The van der Waals surface area contributed by atoms with Crippen LogP contribution in [-0.2, 0) is 58.8 Å². The van der Waals surface area contributed by atoms with Gasteiger partial charge in [0.25, 0.3) is 0 Å². The molecule has 1 spiro atoms. The van der Waals surface area contributed by atoms with Crippen molar-refractivity contribution in [1.82, 2.24) is 5.32 Å². The predicted octanol–water partition coefficient (Wildman–Crippen LogP) is 3.68. The number of hydrogen-bond acceptors (Lipinski definition) is 15. The lowest BCUT2D eigenvalue weighted by molar-refractivity contribution is -0.356. The number of esters is 3. The second-order valence-electron chi connectivity index (χ2n) is 18.3. The maximum atomic E-state index is 15.7. The Bertz CT molecular complexity index is 2170. The van der Waals surface area contributed by atoms with E-state index in [1.807, 2.05) is 0 Å². The van der Waals surface area contributed by atoms with Gasteiger partial charge < -0.3 is 48.7 Å². The number of carbonyl (C=O) groups excluding carboxylic acids is 5. The fourth-order valence-electron chi connectivity index (χ4n) is 10.7. The summed E-state index contributed by atoms with van der Waals surface area (Å²) in [6, 6.07) is 15.7. The maximum Gasteiger partial charge on any atom is 0.408 e. The van der Waals surface area contributed by atoms with Gasteiger partial charge in [0, 0.05) is 40.2 Å². The smallest absolute Gasteiger partial charge is 0.408 e. The molecule has 1 amide bonds. The van der Waals surface area contributed by atoms with E-state index in [1.165, 1.54) is 27.4 Å². The van der Waals surface area contributed by atoms with E-state index in [9.17, 15) is 29.4 Å². The third kappa shape index (κ3) is 6.76. The monoisotopic (exact) mass is 860 g/mol. The van der Waals surface area contributed by atoms with Crippen LogP contribution in [-0.4, -0.2) is 126 Å². The zero-order valence-electron chi connectivity index (χ0n) is 36.5. The van der Waals surface area contributed by atoms with Crippen LogP contribution in [0.5, 0.6) is 0 Å². The van der Waals surface area contributed by atoms with Gasteiger partial charge in [-0.25, -0.2) is 9.59 Å². The summed E-state index contributed by atoms with van der Waals surface area (Å²) >= 11 is 0. The average Bonchev–Trinajstić information content (AvgIpc) is 3.20. The van der Waals surface area contributed by atoms with Crippen LogP contribution in [0, 0.1) is 10.8 Å². The molecule has 16 heteroatoms. The number of nitrogens with one attached hydrogen (secondary N) is 1. The molecule has 12 atom stereocenters. The first-order valence-corrected chi connectivity index (χ1v) is 20.7. The Morgan fingerprint density at radius 1 is 0.984 bits per heavy atom. The molecule has 1 saturated heterocycles. The van der Waals surface area contributed by atoms with Crippen LogP contribution in [0.4, 0.5) is 4.79 Å². The number of ether oxygens (including phenoxy) is 7. The van der Waals surface area contributed by atoms with E-state index in [1.54, 1.807) is 102 Å². The van der Waals surface area contributed by atoms with Gasteiger partial charge in [-0.15, -0.1) is 0 Å². The number of hydrogen-bond donors (Lipinski definition) is 3. The molecular weight excluding hydrogens is 805 g/mol. The molecule has 62 heavy (non-hydrogen) atoms. The molecule has 3 heterocycles. The quantitative estimate of drug-likeness (QED) is 0.167. The molecule has 0 radical (unpaired) electrons. The highest BCUT2D eigenvalue weighted by Gasteiger charge is 2.88.